The van der Waals surface area contributed by atoms with E-state index in [0.29, 0.717) is 18.8 Å². The molecule has 10 atom stereocenters. The zero-order valence-electron chi connectivity index (χ0n) is 28.0. The number of Topliss-reactive ketones (excluding diaryl/α,β-unsaturated/α-hetero) is 1. The van der Waals surface area contributed by atoms with Crippen LogP contribution >= 0.6 is 27.5 Å². The topological polar surface area (TPSA) is 108 Å². The van der Waals surface area contributed by atoms with Crippen LogP contribution in [0, 0.1) is 40.4 Å². The number of rotatable bonds is 9. The first kappa shape index (κ1) is 34.2. The highest BCUT2D eigenvalue weighted by Crippen LogP contribution is 2.72. The quantitative estimate of drug-likeness (QED) is 0.224. The Balaban J connectivity index is 1.32. The maximum Gasteiger partial charge on any atom is 0.306 e. The predicted octanol–water partition coefficient (Wildman–Crippen LogP) is 6.67. The number of allylic oxidation sites excluding steroid dienone is 1. The molecular formula is C36H50BrClN2O6. The highest BCUT2D eigenvalue weighted by molar-refractivity contribution is 9.09. The minimum absolute atomic E-state index is 0.0777. The highest BCUT2D eigenvalue weighted by atomic mass is 79.9. The lowest BCUT2D eigenvalue weighted by Gasteiger charge is -2.64. The number of alkyl halides is 2. The third-order valence-electron chi connectivity index (χ3n) is 13.0. The summed E-state index contributed by atoms with van der Waals surface area (Å²) in [5.41, 5.74) is 0.500. The molecule has 1 N–H and O–H groups in total. The number of carbonyl (C=O) groups excluding carboxylic acids is 3. The Morgan fingerprint density at radius 3 is 2.48 bits per heavy atom. The molecule has 6 rings (SSSR count). The molecule has 1 aromatic rings. The molecule has 4 saturated carbocycles. The molecule has 0 amide bonds. The van der Waals surface area contributed by atoms with Crippen molar-refractivity contribution in [3.05, 3.63) is 23.0 Å². The number of hydrogen-bond acceptors (Lipinski definition) is 7. The van der Waals surface area contributed by atoms with E-state index in [2.05, 4.69) is 39.8 Å². The largest absolute Gasteiger partial charge is 0.457 e. The Morgan fingerprint density at radius 2 is 1.80 bits per heavy atom. The average Bonchev–Trinajstić information content (AvgIpc) is 3.70. The van der Waals surface area contributed by atoms with Crippen molar-refractivity contribution in [1.29, 1.82) is 0 Å². The van der Waals surface area contributed by atoms with Gasteiger partial charge in [0, 0.05) is 47.7 Å². The predicted molar refractivity (Wildman–Crippen MR) is 179 cm³/mol. The molecule has 5 aliphatic rings. The molecule has 46 heavy (non-hydrogen) atoms. The van der Waals surface area contributed by atoms with Gasteiger partial charge in [-0.2, -0.15) is 5.10 Å². The van der Waals surface area contributed by atoms with Gasteiger partial charge in [-0.05, 0) is 86.7 Å². The number of hydrogen-bond donors (Lipinski definition) is 1. The molecule has 1 heterocycles. The van der Waals surface area contributed by atoms with Gasteiger partial charge in [-0.15, -0.1) is 11.6 Å². The van der Waals surface area contributed by atoms with E-state index >= 15 is 0 Å². The fourth-order valence-electron chi connectivity index (χ4n) is 10.7. The van der Waals surface area contributed by atoms with Gasteiger partial charge in [0.05, 0.1) is 16.7 Å². The maximum atomic E-state index is 14.2. The molecular weight excluding hydrogens is 672 g/mol. The van der Waals surface area contributed by atoms with Crippen LogP contribution in [0.2, 0.25) is 0 Å². The summed E-state index contributed by atoms with van der Waals surface area (Å²) < 4.78 is 13.7. The van der Waals surface area contributed by atoms with E-state index in [9.17, 15) is 19.5 Å². The van der Waals surface area contributed by atoms with Gasteiger partial charge in [0.2, 0.25) is 5.78 Å². The molecule has 0 spiro atoms. The molecule has 5 aliphatic carbocycles. The molecule has 254 valence electrons. The first-order chi connectivity index (χ1) is 21.8. The van der Waals surface area contributed by atoms with Crippen molar-refractivity contribution >= 4 is 51.3 Å². The fraction of sp³-hybridized carbons (Fsp3) is 0.778. The third-order valence-corrected chi connectivity index (χ3v) is 14.9. The van der Waals surface area contributed by atoms with E-state index in [1.54, 1.807) is 13.8 Å². The lowest BCUT2D eigenvalue weighted by molar-refractivity contribution is -0.204. The van der Waals surface area contributed by atoms with E-state index in [0.717, 1.165) is 36.3 Å². The van der Waals surface area contributed by atoms with Gasteiger partial charge in [-0.3, -0.25) is 19.1 Å². The number of ketones is 1. The normalized spacial score (nSPS) is 41.1. The van der Waals surface area contributed by atoms with E-state index in [-0.39, 0.29) is 37.0 Å². The second-order valence-electron chi connectivity index (χ2n) is 15.4. The van der Waals surface area contributed by atoms with Crippen LogP contribution in [0.4, 0.5) is 0 Å². The Labute approximate surface area is 286 Å². The van der Waals surface area contributed by atoms with Crippen LogP contribution < -0.4 is 0 Å². The van der Waals surface area contributed by atoms with Gasteiger partial charge in [-0.25, -0.2) is 0 Å². The lowest BCUT2D eigenvalue weighted by Crippen LogP contribution is -2.70. The number of halogens is 2. The van der Waals surface area contributed by atoms with Crippen LogP contribution in [-0.4, -0.2) is 61.1 Å². The summed E-state index contributed by atoms with van der Waals surface area (Å²) in [7, 11) is 0. The zero-order valence-corrected chi connectivity index (χ0v) is 30.3. The molecule has 0 aliphatic heterocycles. The van der Waals surface area contributed by atoms with Gasteiger partial charge in [0.15, 0.2) is 12.2 Å². The van der Waals surface area contributed by atoms with Crippen LogP contribution in [0.5, 0.6) is 0 Å². The average molecular weight is 722 g/mol. The van der Waals surface area contributed by atoms with Crippen molar-refractivity contribution in [2.24, 2.45) is 40.4 Å². The first-order valence-corrected chi connectivity index (χ1v) is 18.9. The number of aliphatic hydroxyl groups is 1. The molecule has 8 nitrogen and oxygen atoms in total. The number of fused-ring (bicyclic) bond motifs is 6. The Kier molecular flexibility index (Phi) is 9.15. The Morgan fingerprint density at radius 1 is 1.09 bits per heavy atom. The second kappa shape index (κ2) is 12.3. The fourth-order valence-corrected chi connectivity index (χ4v) is 11.9. The van der Waals surface area contributed by atoms with E-state index in [1.165, 1.54) is 30.4 Å². The van der Waals surface area contributed by atoms with Crippen LogP contribution in [0.15, 0.2) is 11.8 Å². The number of aromatic nitrogens is 2. The van der Waals surface area contributed by atoms with Gasteiger partial charge in [0.1, 0.15) is 0 Å². The number of aliphatic hydroxyl groups excluding tert-OH is 1. The van der Waals surface area contributed by atoms with Crippen molar-refractivity contribution in [3.8, 4) is 0 Å². The lowest BCUT2D eigenvalue weighted by atomic mass is 9.44. The molecule has 10 heteroatoms. The van der Waals surface area contributed by atoms with E-state index in [1.807, 2.05) is 13.8 Å². The van der Waals surface area contributed by atoms with Crippen molar-refractivity contribution in [2.45, 2.75) is 122 Å². The number of nitrogens with zero attached hydrogens (tertiary/aromatic N) is 2. The van der Waals surface area contributed by atoms with Crippen molar-refractivity contribution < 1.29 is 29.0 Å². The standard InChI is InChI=1S/C36H50BrClN2O6/c1-6-31(43)45-20-30(42)36(46-32(44)7-2)21(3)12-27-26-11-10-25-14-28-24(19-40(39-28)18-23-9-8-22(13-23)17-37)15-33(25,4)35(26,38)29(41)16-34(27,36)5/h14,19,21-23,26-27,29,41H,6-13,15-18,20H2,1-5H3/t21-,22?,23?,26-,27-,29-,33-,34-,35-,36-/m0/s1. The summed E-state index contributed by atoms with van der Waals surface area (Å²) >= 11 is 11.6. The summed E-state index contributed by atoms with van der Waals surface area (Å²) in [6, 6.07) is 0. The van der Waals surface area contributed by atoms with Crippen molar-refractivity contribution in [3.63, 3.8) is 0 Å². The van der Waals surface area contributed by atoms with Gasteiger partial charge in [0.25, 0.3) is 0 Å². The van der Waals surface area contributed by atoms with Crippen LogP contribution in [0.3, 0.4) is 0 Å². The third kappa shape index (κ3) is 4.98. The molecule has 2 unspecified atom stereocenters. The van der Waals surface area contributed by atoms with Crippen LogP contribution in [-0.2, 0) is 36.8 Å². The number of esters is 2. The minimum Gasteiger partial charge on any atom is -0.457 e. The van der Waals surface area contributed by atoms with Crippen LogP contribution in [0.25, 0.3) is 6.08 Å². The molecule has 0 radical (unpaired) electrons. The van der Waals surface area contributed by atoms with Gasteiger partial charge >= 0.3 is 11.9 Å². The van der Waals surface area contributed by atoms with E-state index in [4.69, 9.17) is 26.2 Å². The summed E-state index contributed by atoms with van der Waals surface area (Å²) in [5.74, 6) is -0.512. The summed E-state index contributed by atoms with van der Waals surface area (Å²) in [6.45, 7) is 10.00. The highest BCUT2D eigenvalue weighted by Gasteiger charge is 2.76. The SMILES string of the molecule is CCC(=O)OCC(=O)[C@@]1(OC(=O)CC)[C@@H](C)C[C@H]2[C@@H]3CCC4=Cc5nn(CC6CCC(CBr)C6)cc5C[C@]4(C)[C@@]3(Cl)[C@@H](O)C[C@@]21C. The molecule has 0 aromatic carbocycles. The monoisotopic (exact) mass is 720 g/mol. The second-order valence-corrected chi connectivity index (χ2v) is 16.7. The van der Waals surface area contributed by atoms with Crippen molar-refractivity contribution in [1.82, 2.24) is 9.78 Å². The summed E-state index contributed by atoms with van der Waals surface area (Å²) in [5, 5.41) is 18.4. The molecule has 0 bridgehead atoms. The molecule has 1 aromatic heterocycles. The molecule has 0 saturated heterocycles. The summed E-state index contributed by atoms with van der Waals surface area (Å²) in [6.07, 6.45) is 10.6. The van der Waals surface area contributed by atoms with Crippen molar-refractivity contribution in [2.75, 3.05) is 11.9 Å². The minimum atomic E-state index is -1.52. The smallest absolute Gasteiger partial charge is 0.306 e. The van der Waals surface area contributed by atoms with Crippen LogP contribution in [0.1, 0.15) is 104 Å². The maximum absolute atomic E-state index is 14.2. The van der Waals surface area contributed by atoms with E-state index < -0.39 is 51.7 Å². The first-order valence-electron chi connectivity index (χ1n) is 17.4. The van der Waals surface area contributed by atoms with Gasteiger partial charge in [-0.1, -0.05) is 56.1 Å². The Hall–Kier alpha value is -1.71. The molecule has 4 fully saturated rings. The van der Waals surface area contributed by atoms with Gasteiger partial charge < -0.3 is 14.6 Å². The number of carbonyl (C=O) groups is 3. The summed E-state index contributed by atoms with van der Waals surface area (Å²) in [4.78, 5) is 38.2. The zero-order chi connectivity index (χ0) is 33.2. The Bertz CT molecular complexity index is 1430. The number of ether oxygens (including phenoxy) is 2.